The molecule has 0 aliphatic carbocycles. The molecule has 0 aromatic heterocycles. The molecule has 6 heteroatoms. The van der Waals surface area contributed by atoms with Crippen LogP contribution < -0.4 is 0 Å². The van der Waals surface area contributed by atoms with Gasteiger partial charge in [-0.15, -0.1) is 0 Å². The van der Waals surface area contributed by atoms with Gasteiger partial charge in [0.2, 0.25) is 0 Å². The van der Waals surface area contributed by atoms with E-state index in [1.54, 1.807) is 36.4 Å². The lowest BCUT2D eigenvalue weighted by Gasteiger charge is -2.22. The first-order valence-corrected chi connectivity index (χ1v) is 7.38. The van der Waals surface area contributed by atoms with Crippen molar-refractivity contribution in [2.75, 3.05) is 0 Å². The van der Waals surface area contributed by atoms with E-state index in [9.17, 15) is 0 Å². The second-order valence-corrected chi connectivity index (χ2v) is 6.73. The average molecular weight is 375 g/mol. The van der Waals surface area contributed by atoms with Crippen LogP contribution in [0.25, 0.3) is 0 Å². The number of hydrogen-bond donors (Lipinski definition) is 0. The Bertz CT molecular complexity index is 603. The smallest absolute Gasteiger partial charge is 0.0909 e. The van der Waals surface area contributed by atoms with E-state index in [1.807, 2.05) is 0 Å². The van der Waals surface area contributed by atoms with E-state index in [4.69, 9.17) is 69.6 Å². The fraction of sp³-hybridized carbons (Fsp3) is 0.0769. The zero-order chi connectivity index (χ0) is 14.2. The molecule has 0 bridgehead atoms. The van der Waals surface area contributed by atoms with Crippen molar-refractivity contribution in [3.63, 3.8) is 0 Å². The first-order chi connectivity index (χ1) is 8.84. The number of hydrogen-bond acceptors (Lipinski definition) is 0. The van der Waals surface area contributed by atoms with Gasteiger partial charge in [0, 0.05) is 10.6 Å². The highest BCUT2D eigenvalue weighted by Gasteiger charge is 2.32. The van der Waals surface area contributed by atoms with E-state index >= 15 is 0 Å². The van der Waals surface area contributed by atoms with Crippen LogP contribution >= 0.6 is 69.6 Å². The van der Waals surface area contributed by atoms with Crippen molar-refractivity contribution < 1.29 is 0 Å². The van der Waals surface area contributed by atoms with E-state index in [0.717, 1.165) is 0 Å². The van der Waals surface area contributed by atoms with Gasteiger partial charge < -0.3 is 0 Å². The van der Waals surface area contributed by atoms with Crippen molar-refractivity contribution in [3.05, 3.63) is 67.6 Å². The van der Waals surface area contributed by atoms with Crippen molar-refractivity contribution >= 4 is 69.6 Å². The highest BCUT2D eigenvalue weighted by molar-refractivity contribution is 6.53. The van der Waals surface area contributed by atoms with Gasteiger partial charge in [0.1, 0.15) is 0 Å². The molecule has 0 fully saturated rings. The molecule has 0 radical (unpaired) electrons. The quantitative estimate of drug-likeness (QED) is 0.393. The van der Waals surface area contributed by atoms with Crippen LogP contribution in [0.5, 0.6) is 0 Å². The summed E-state index contributed by atoms with van der Waals surface area (Å²) in [6, 6.07) is 10.1. The third kappa shape index (κ3) is 3.10. The van der Waals surface area contributed by atoms with Gasteiger partial charge in [-0.1, -0.05) is 87.8 Å². The predicted molar refractivity (Wildman–Crippen MR) is 85.4 cm³/mol. The van der Waals surface area contributed by atoms with Gasteiger partial charge in [-0.25, -0.2) is 0 Å². The lowest BCUT2D eigenvalue weighted by molar-refractivity contribution is 1.04. The monoisotopic (exact) mass is 372 g/mol. The standard InChI is InChI=1S/C13H6Cl6/c14-8-3-1-7(2-4-8)13(18,19)9-5-6-10(15)12(17)11(9)16/h1-6H. The molecule has 0 saturated heterocycles. The van der Waals surface area contributed by atoms with E-state index < -0.39 is 4.33 Å². The molecule has 0 atom stereocenters. The molecular formula is C13H6Cl6. The molecule has 2 aromatic rings. The van der Waals surface area contributed by atoms with Crippen LogP contribution in [0.15, 0.2) is 36.4 Å². The van der Waals surface area contributed by atoms with Crippen LogP contribution in [0.3, 0.4) is 0 Å². The minimum Gasteiger partial charge on any atom is -0.0909 e. The number of halogens is 6. The maximum Gasteiger partial charge on any atom is 0.169 e. The summed E-state index contributed by atoms with van der Waals surface area (Å²) in [5, 5.41) is 1.39. The van der Waals surface area contributed by atoms with Gasteiger partial charge in [0.05, 0.1) is 15.1 Å². The molecule has 19 heavy (non-hydrogen) atoms. The van der Waals surface area contributed by atoms with Crippen LogP contribution in [-0.4, -0.2) is 0 Å². The Morgan fingerprint density at radius 1 is 0.684 bits per heavy atom. The van der Waals surface area contributed by atoms with Crippen LogP contribution in [0, 0.1) is 0 Å². The van der Waals surface area contributed by atoms with Gasteiger partial charge >= 0.3 is 0 Å². The molecule has 0 amide bonds. The molecule has 0 N–H and O–H groups in total. The normalized spacial score (nSPS) is 11.7. The van der Waals surface area contributed by atoms with Crippen molar-refractivity contribution in [2.24, 2.45) is 0 Å². The fourth-order valence-corrected chi connectivity index (χ4v) is 3.05. The molecule has 2 rings (SSSR count). The minimum atomic E-state index is -1.34. The Morgan fingerprint density at radius 2 is 1.26 bits per heavy atom. The molecule has 0 unspecified atom stereocenters. The molecule has 100 valence electrons. The Hall–Kier alpha value is 0.180. The predicted octanol–water partition coefficient (Wildman–Crippen LogP) is 6.98. The Morgan fingerprint density at radius 3 is 1.84 bits per heavy atom. The lowest BCUT2D eigenvalue weighted by Crippen LogP contribution is -2.13. The van der Waals surface area contributed by atoms with Gasteiger partial charge in [-0.2, -0.15) is 0 Å². The summed E-state index contributed by atoms with van der Waals surface area (Å²) in [5.41, 5.74) is 1.11. The summed E-state index contributed by atoms with van der Waals surface area (Å²) < 4.78 is -1.34. The van der Waals surface area contributed by atoms with Gasteiger partial charge in [0.15, 0.2) is 4.33 Å². The molecule has 0 spiro atoms. The first-order valence-electron chi connectivity index (χ1n) is 5.12. The molecule has 0 nitrogen and oxygen atoms in total. The third-order valence-corrected chi connectivity index (χ3v) is 4.97. The average Bonchev–Trinajstić information content (AvgIpc) is 2.36. The lowest BCUT2D eigenvalue weighted by atomic mass is 10.0. The van der Waals surface area contributed by atoms with E-state index in [-0.39, 0.29) is 10.0 Å². The molecule has 0 aliphatic rings. The molecule has 0 saturated carbocycles. The summed E-state index contributed by atoms with van der Waals surface area (Å²) in [6.45, 7) is 0. The number of rotatable bonds is 2. The maximum atomic E-state index is 6.41. The van der Waals surface area contributed by atoms with Crippen LogP contribution in [-0.2, 0) is 4.33 Å². The minimum absolute atomic E-state index is 0.223. The molecular weight excluding hydrogens is 369 g/mol. The SMILES string of the molecule is Clc1ccc(C(Cl)(Cl)c2ccc(Cl)c(Cl)c2Cl)cc1. The third-order valence-electron chi connectivity index (χ3n) is 2.58. The fourth-order valence-electron chi connectivity index (χ4n) is 1.58. The number of alkyl halides is 2. The molecule has 2 aromatic carbocycles. The highest BCUT2D eigenvalue weighted by Crippen LogP contribution is 2.47. The van der Waals surface area contributed by atoms with Gasteiger partial charge in [-0.3, -0.25) is 0 Å². The Kier molecular flexibility index (Phi) is 4.83. The van der Waals surface area contributed by atoms with E-state index in [0.29, 0.717) is 21.2 Å². The highest BCUT2D eigenvalue weighted by atomic mass is 35.5. The zero-order valence-electron chi connectivity index (χ0n) is 9.23. The van der Waals surface area contributed by atoms with Crippen LogP contribution in [0.2, 0.25) is 20.1 Å². The summed E-state index contributed by atoms with van der Waals surface area (Å²) in [6.07, 6.45) is 0. The zero-order valence-corrected chi connectivity index (χ0v) is 13.8. The van der Waals surface area contributed by atoms with Crippen LogP contribution in [0.4, 0.5) is 0 Å². The summed E-state index contributed by atoms with van der Waals surface area (Å²) >= 11 is 36.7. The van der Waals surface area contributed by atoms with E-state index in [1.165, 1.54) is 0 Å². The van der Waals surface area contributed by atoms with Crippen LogP contribution in [0.1, 0.15) is 11.1 Å². The topological polar surface area (TPSA) is 0 Å². The second kappa shape index (κ2) is 5.89. The summed E-state index contributed by atoms with van der Waals surface area (Å²) in [5.74, 6) is 0. The molecule has 0 heterocycles. The maximum absolute atomic E-state index is 6.41. The summed E-state index contributed by atoms with van der Waals surface area (Å²) in [4.78, 5) is 0. The van der Waals surface area contributed by atoms with E-state index in [2.05, 4.69) is 0 Å². The number of benzene rings is 2. The van der Waals surface area contributed by atoms with Crippen molar-refractivity contribution in [2.45, 2.75) is 4.33 Å². The molecule has 0 aliphatic heterocycles. The van der Waals surface area contributed by atoms with Gasteiger partial charge in [-0.05, 0) is 23.8 Å². The Balaban J connectivity index is 2.56. The first kappa shape index (κ1) is 15.6. The largest absolute Gasteiger partial charge is 0.169 e. The van der Waals surface area contributed by atoms with Crippen molar-refractivity contribution in [1.29, 1.82) is 0 Å². The van der Waals surface area contributed by atoms with Crippen molar-refractivity contribution in [3.8, 4) is 0 Å². The van der Waals surface area contributed by atoms with Crippen molar-refractivity contribution in [1.82, 2.24) is 0 Å². The Labute approximate surface area is 141 Å². The summed E-state index contributed by atoms with van der Waals surface area (Å²) in [7, 11) is 0. The van der Waals surface area contributed by atoms with Gasteiger partial charge in [0.25, 0.3) is 0 Å². The second-order valence-electron chi connectivity index (χ2n) is 3.80.